The Hall–Kier alpha value is -3.52. The van der Waals surface area contributed by atoms with Crippen molar-refractivity contribution in [1.82, 2.24) is 20.0 Å². The maximum atomic E-state index is 13.6. The monoisotopic (exact) mass is 572 g/mol. The summed E-state index contributed by atoms with van der Waals surface area (Å²) in [5, 5.41) is 8.69. The van der Waals surface area contributed by atoms with Gasteiger partial charge in [0.15, 0.2) is 11.6 Å². The molecule has 0 spiro atoms. The lowest BCUT2D eigenvalue weighted by atomic mass is 10.0. The standard InChI is InChI=1S/C26H30F6N6O2/c1-35(2)11-7-13-37(23(39)25(27,28)29)21-19-15-17-9-5-6-10-18(17)16-20(19)22(34-33-21)38(14-8-12-36(3)4)24(40)26(30,31)32/h5-6,9-10,15-16H,7-8,11-14H2,1-4H3. The first kappa shape index (κ1) is 31.0. The number of hydrogen-bond donors (Lipinski definition) is 0. The number of amides is 2. The molecule has 0 unspecified atom stereocenters. The van der Waals surface area contributed by atoms with Crippen LogP contribution in [0.1, 0.15) is 12.8 Å². The molecule has 3 rings (SSSR count). The minimum absolute atomic E-state index is 0.0428. The zero-order chi connectivity index (χ0) is 29.8. The van der Waals surface area contributed by atoms with Gasteiger partial charge in [-0.15, -0.1) is 10.2 Å². The van der Waals surface area contributed by atoms with Crippen molar-refractivity contribution in [2.75, 3.05) is 64.2 Å². The van der Waals surface area contributed by atoms with Crippen LogP contribution in [0, 0.1) is 0 Å². The molecule has 0 saturated carbocycles. The van der Waals surface area contributed by atoms with Crippen LogP contribution in [0.4, 0.5) is 38.0 Å². The Morgan fingerprint density at radius 2 is 1.00 bits per heavy atom. The molecule has 1 heterocycles. The fraction of sp³-hybridized carbons (Fsp3) is 0.462. The number of aromatic nitrogens is 2. The van der Waals surface area contributed by atoms with E-state index in [1.54, 1.807) is 62.3 Å². The summed E-state index contributed by atoms with van der Waals surface area (Å²) in [4.78, 5) is 29.4. The smallest absolute Gasteiger partial charge is 0.309 e. The number of hydrogen-bond acceptors (Lipinski definition) is 6. The number of benzene rings is 2. The molecule has 40 heavy (non-hydrogen) atoms. The molecule has 0 aliphatic heterocycles. The average molecular weight is 573 g/mol. The minimum Gasteiger partial charge on any atom is -0.309 e. The molecule has 3 aromatic rings. The molecule has 0 aliphatic carbocycles. The van der Waals surface area contributed by atoms with Crippen LogP contribution >= 0.6 is 0 Å². The van der Waals surface area contributed by atoms with E-state index in [0.29, 0.717) is 33.7 Å². The fourth-order valence-electron chi connectivity index (χ4n) is 4.21. The first-order valence-electron chi connectivity index (χ1n) is 12.4. The van der Waals surface area contributed by atoms with Crippen molar-refractivity contribution in [2.24, 2.45) is 0 Å². The lowest BCUT2D eigenvalue weighted by Gasteiger charge is -2.27. The normalized spacial score (nSPS) is 12.5. The van der Waals surface area contributed by atoms with Crippen LogP contribution in [-0.2, 0) is 9.59 Å². The molecule has 8 nitrogen and oxygen atoms in total. The van der Waals surface area contributed by atoms with Gasteiger partial charge in [-0.3, -0.25) is 19.4 Å². The van der Waals surface area contributed by atoms with Gasteiger partial charge in [0, 0.05) is 23.9 Å². The van der Waals surface area contributed by atoms with Gasteiger partial charge in [0.2, 0.25) is 0 Å². The van der Waals surface area contributed by atoms with Crippen LogP contribution in [0.25, 0.3) is 21.5 Å². The maximum absolute atomic E-state index is 13.6. The molecule has 218 valence electrons. The van der Waals surface area contributed by atoms with Gasteiger partial charge >= 0.3 is 24.2 Å². The zero-order valence-corrected chi connectivity index (χ0v) is 22.5. The van der Waals surface area contributed by atoms with Gasteiger partial charge in [0.25, 0.3) is 0 Å². The van der Waals surface area contributed by atoms with E-state index in [1.165, 1.54) is 12.1 Å². The highest BCUT2D eigenvalue weighted by molar-refractivity contribution is 6.13. The van der Waals surface area contributed by atoms with Gasteiger partial charge < -0.3 is 9.80 Å². The minimum atomic E-state index is -5.24. The summed E-state index contributed by atoms with van der Waals surface area (Å²) in [5.74, 6) is -5.29. The third-order valence-electron chi connectivity index (χ3n) is 6.07. The lowest BCUT2D eigenvalue weighted by Crippen LogP contribution is -2.44. The van der Waals surface area contributed by atoms with Gasteiger partial charge in [-0.1, -0.05) is 24.3 Å². The summed E-state index contributed by atoms with van der Waals surface area (Å²) in [6.45, 7) is -0.0392. The van der Waals surface area contributed by atoms with E-state index < -0.39 is 35.8 Å². The Morgan fingerprint density at radius 1 is 0.650 bits per heavy atom. The molecule has 0 bridgehead atoms. The van der Waals surface area contributed by atoms with Gasteiger partial charge in [-0.2, -0.15) is 26.3 Å². The molecule has 14 heteroatoms. The second-order valence-electron chi connectivity index (χ2n) is 9.81. The quantitative estimate of drug-likeness (QED) is 0.264. The first-order chi connectivity index (χ1) is 18.6. The number of rotatable bonds is 10. The first-order valence-corrected chi connectivity index (χ1v) is 12.4. The number of anilines is 2. The number of halogens is 6. The van der Waals surface area contributed by atoms with Crippen molar-refractivity contribution in [1.29, 1.82) is 0 Å². The van der Waals surface area contributed by atoms with Gasteiger partial charge in [-0.25, -0.2) is 0 Å². The number of carbonyl (C=O) groups is 2. The van der Waals surface area contributed by atoms with E-state index >= 15 is 0 Å². The molecule has 0 saturated heterocycles. The van der Waals surface area contributed by atoms with E-state index in [4.69, 9.17) is 0 Å². The topological polar surface area (TPSA) is 72.9 Å². The summed E-state index contributed by atoms with van der Waals surface area (Å²) in [6.07, 6.45) is -10.2. The van der Waals surface area contributed by atoms with Gasteiger partial charge in [0.05, 0.1) is 0 Å². The molecule has 1 aromatic heterocycles. The Labute approximate surface area is 227 Å². The van der Waals surface area contributed by atoms with E-state index in [-0.39, 0.29) is 36.7 Å². The van der Waals surface area contributed by atoms with E-state index in [9.17, 15) is 35.9 Å². The van der Waals surface area contributed by atoms with Gasteiger partial charge in [0.1, 0.15) is 0 Å². The summed E-state index contributed by atoms with van der Waals surface area (Å²) in [5.41, 5.74) is 0. The molecule has 2 aromatic carbocycles. The highest BCUT2D eigenvalue weighted by Gasteiger charge is 2.45. The Kier molecular flexibility index (Phi) is 9.56. The predicted molar refractivity (Wildman–Crippen MR) is 140 cm³/mol. The Balaban J connectivity index is 2.28. The van der Waals surface area contributed by atoms with Crippen LogP contribution in [0.3, 0.4) is 0 Å². The van der Waals surface area contributed by atoms with Gasteiger partial charge in [-0.05, 0) is 77.0 Å². The SMILES string of the molecule is CN(C)CCCN(C(=O)C(F)(F)F)c1nnc(N(CCCN(C)C)C(=O)C(F)(F)F)c2cc3ccccc3cc12. The van der Waals surface area contributed by atoms with Crippen LogP contribution < -0.4 is 9.80 Å². The van der Waals surface area contributed by atoms with Crippen molar-refractivity contribution in [3.8, 4) is 0 Å². The second-order valence-corrected chi connectivity index (χ2v) is 9.81. The van der Waals surface area contributed by atoms with Crippen molar-refractivity contribution in [3.05, 3.63) is 36.4 Å². The van der Waals surface area contributed by atoms with Crippen LogP contribution in [-0.4, -0.2) is 98.5 Å². The molecule has 0 atom stereocenters. The molecule has 0 N–H and O–H groups in total. The molecule has 2 amide bonds. The fourth-order valence-corrected chi connectivity index (χ4v) is 4.21. The van der Waals surface area contributed by atoms with Crippen LogP contribution in [0.5, 0.6) is 0 Å². The lowest BCUT2D eigenvalue weighted by molar-refractivity contribution is -0.170. The third-order valence-corrected chi connectivity index (χ3v) is 6.07. The molecule has 0 aliphatic rings. The summed E-state index contributed by atoms with van der Waals surface area (Å²) >= 11 is 0. The highest BCUT2D eigenvalue weighted by atomic mass is 19.4. The number of nitrogens with zero attached hydrogens (tertiary/aromatic N) is 6. The molecular formula is C26H30F6N6O2. The third kappa shape index (κ3) is 7.36. The summed E-state index contributed by atoms with van der Waals surface area (Å²) < 4.78 is 81.8. The van der Waals surface area contributed by atoms with Crippen molar-refractivity contribution >= 4 is 45.0 Å². The molecule has 0 fully saturated rings. The molecule has 0 radical (unpaired) electrons. The predicted octanol–water partition coefficient (Wildman–Crippen LogP) is 4.48. The number of alkyl halides is 6. The summed E-state index contributed by atoms with van der Waals surface area (Å²) in [7, 11) is 6.87. The largest absolute Gasteiger partial charge is 0.471 e. The Bertz CT molecular complexity index is 1260. The second kappa shape index (κ2) is 12.3. The maximum Gasteiger partial charge on any atom is 0.471 e. The zero-order valence-electron chi connectivity index (χ0n) is 22.5. The van der Waals surface area contributed by atoms with Crippen molar-refractivity contribution in [2.45, 2.75) is 25.2 Å². The Morgan fingerprint density at radius 3 is 1.30 bits per heavy atom. The van der Waals surface area contributed by atoms with E-state index in [0.717, 1.165) is 0 Å². The number of carbonyl (C=O) groups excluding carboxylic acids is 2. The highest BCUT2D eigenvalue weighted by Crippen LogP contribution is 2.37. The van der Waals surface area contributed by atoms with Crippen molar-refractivity contribution < 1.29 is 35.9 Å². The van der Waals surface area contributed by atoms with E-state index in [2.05, 4.69) is 10.2 Å². The summed E-state index contributed by atoms with van der Waals surface area (Å²) in [6, 6.07) is 9.57. The van der Waals surface area contributed by atoms with Crippen LogP contribution in [0.2, 0.25) is 0 Å². The van der Waals surface area contributed by atoms with E-state index in [1.807, 2.05) is 0 Å². The van der Waals surface area contributed by atoms with Crippen molar-refractivity contribution in [3.63, 3.8) is 0 Å². The van der Waals surface area contributed by atoms with Crippen LogP contribution in [0.15, 0.2) is 36.4 Å². The number of fused-ring (bicyclic) bond motifs is 2. The average Bonchev–Trinajstić information content (AvgIpc) is 2.86. The molecular weight excluding hydrogens is 542 g/mol.